The molecule has 0 radical (unpaired) electrons. The third-order valence-corrected chi connectivity index (χ3v) is 6.75. The molecule has 27 heavy (non-hydrogen) atoms. The lowest BCUT2D eigenvalue weighted by atomic mass is 9.79. The van der Waals surface area contributed by atoms with E-state index in [1.165, 1.54) is 24.1 Å². The number of piperidine rings is 1. The molecule has 1 saturated carbocycles. The summed E-state index contributed by atoms with van der Waals surface area (Å²) in [6.07, 6.45) is 3.34. The molecule has 2 aromatic rings. The van der Waals surface area contributed by atoms with Crippen LogP contribution in [0, 0.1) is 5.92 Å². The molecule has 0 bridgehead atoms. The normalized spacial score (nSPS) is 24.4. The summed E-state index contributed by atoms with van der Waals surface area (Å²) >= 11 is 0. The van der Waals surface area contributed by atoms with Crippen LogP contribution in [0.1, 0.15) is 43.2 Å². The van der Waals surface area contributed by atoms with Crippen LogP contribution in [0.3, 0.4) is 0 Å². The molecular weight excluding hydrogens is 332 g/mol. The maximum absolute atomic E-state index is 12.2. The molecule has 1 aliphatic heterocycles. The number of hydrogen-bond acceptors (Lipinski definition) is 2. The largest absolute Gasteiger partial charge is 0.336 e. The summed E-state index contributed by atoms with van der Waals surface area (Å²) in [5.74, 6) is 1.69. The van der Waals surface area contributed by atoms with Crippen molar-refractivity contribution in [2.75, 3.05) is 26.7 Å². The van der Waals surface area contributed by atoms with Crippen LogP contribution in [0.15, 0.2) is 60.7 Å². The fourth-order valence-corrected chi connectivity index (χ4v) is 4.86. The van der Waals surface area contributed by atoms with Gasteiger partial charge in [-0.05, 0) is 42.2 Å². The topological polar surface area (TPSA) is 23.6 Å². The van der Waals surface area contributed by atoms with Gasteiger partial charge >= 0.3 is 0 Å². The minimum atomic E-state index is -0.161. The van der Waals surface area contributed by atoms with E-state index in [4.69, 9.17) is 0 Å². The summed E-state index contributed by atoms with van der Waals surface area (Å²) in [4.78, 5) is 16.8. The lowest BCUT2D eigenvalue weighted by molar-refractivity contribution is -0.136. The highest BCUT2D eigenvalue weighted by molar-refractivity contribution is 5.74. The zero-order valence-electron chi connectivity index (χ0n) is 16.5. The van der Waals surface area contributed by atoms with Gasteiger partial charge < -0.3 is 9.80 Å². The third kappa shape index (κ3) is 3.66. The van der Waals surface area contributed by atoms with E-state index in [0.717, 1.165) is 37.8 Å². The van der Waals surface area contributed by atoms with Gasteiger partial charge in [0.15, 0.2) is 0 Å². The average molecular weight is 363 g/mol. The van der Waals surface area contributed by atoms with Crippen LogP contribution >= 0.6 is 0 Å². The van der Waals surface area contributed by atoms with Crippen LogP contribution in [-0.4, -0.2) is 42.4 Å². The Hall–Kier alpha value is -2.13. The van der Waals surface area contributed by atoms with E-state index in [1.807, 2.05) is 11.9 Å². The number of carbonyl (C=O) groups excluding carboxylic acids is 1. The Kier molecular flexibility index (Phi) is 5.05. The minimum absolute atomic E-state index is 0.152. The highest BCUT2D eigenvalue weighted by Crippen LogP contribution is 2.48. The maximum atomic E-state index is 12.2. The standard InChI is InChI=1S/C24H30N2O/c1-19(27)25(2)24(22-11-7-4-8-12-22)13-15-26(16-14-24)18-21-17-23(21)20-9-5-3-6-10-20/h3-12,21,23H,13-18H2,1-2H3/t21-,23+/m0/s1. The van der Waals surface area contributed by atoms with Gasteiger partial charge in [0, 0.05) is 33.6 Å². The van der Waals surface area contributed by atoms with Crippen LogP contribution in [0.4, 0.5) is 0 Å². The molecule has 2 fully saturated rings. The Morgan fingerprint density at radius 3 is 2.22 bits per heavy atom. The van der Waals surface area contributed by atoms with E-state index in [9.17, 15) is 4.79 Å². The summed E-state index contributed by atoms with van der Waals surface area (Å²) in [6.45, 7) is 5.00. The van der Waals surface area contributed by atoms with E-state index in [-0.39, 0.29) is 11.4 Å². The Labute approximate surface area is 163 Å². The first-order valence-electron chi connectivity index (χ1n) is 10.2. The van der Waals surface area contributed by atoms with Crippen molar-refractivity contribution in [3.63, 3.8) is 0 Å². The van der Waals surface area contributed by atoms with Crippen molar-refractivity contribution in [1.82, 2.24) is 9.80 Å². The van der Waals surface area contributed by atoms with Crippen molar-refractivity contribution < 1.29 is 4.79 Å². The Bertz CT molecular complexity index is 765. The molecule has 0 N–H and O–H groups in total. The van der Waals surface area contributed by atoms with Crippen molar-refractivity contribution >= 4 is 5.91 Å². The second kappa shape index (κ2) is 7.47. The average Bonchev–Trinajstić information content (AvgIpc) is 3.48. The van der Waals surface area contributed by atoms with Gasteiger partial charge in [0.1, 0.15) is 0 Å². The van der Waals surface area contributed by atoms with Crippen LogP contribution in [0.25, 0.3) is 0 Å². The highest BCUT2D eigenvalue weighted by atomic mass is 16.2. The fraction of sp³-hybridized carbons (Fsp3) is 0.458. The molecular formula is C24H30N2O. The lowest BCUT2D eigenvalue weighted by Gasteiger charge is -2.47. The molecule has 0 aromatic heterocycles. The molecule has 2 atom stereocenters. The van der Waals surface area contributed by atoms with Crippen molar-refractivity contribution in [3.8, 4) is 0 Å². The first-order valence-corrected chi connectivity index (χ1v) is 10.2. The number of hydrogen-bond donors (Lipinski definition) is 0. The van der Waals surface area contributed by atoms with Gasteiger partial charge in [-0.3, -0.25) is 4.79 Å². The van der Waals surface area contributed by atoms with Gasteiger partial charge in [-0.1, -0.05) is 60.7 Å². The zero-order chi connectivity index (χ0) is 18.9. The van der Waals surface area contributed by atoms with Crippen LogP contribution in [0.2, 0.25) is 0 Å². The third-order valence-electron chi connectivity index (χ3n) is 6.75. The predicted octanol–water partition coefficient (Wildman–Crippen LogP) is 4.26. The van der Waals surface area contributed by atoms with E-state index >= 15 is 0 Å². The molecule has 0 unspecified atom stereocenters. The fourth-order valence-electron chi connectivity index (χ4n) is 4.86. The second-order valence-corrected chi connectivity index (χ2v) is 8.29. The summed E-state index contributed by atoms with van der Waals surface area (Å²) in [6, 6.07) is 21.5. The predicted molar refractivity (Wildman–Crippen MR) is 110 cm³/mol. The van der Waals surface area contributed by atoms with Gasteiger partial charge in [-0.2, -0.15) is 0 Å². The van der Waals surface area contributed by atoms with Crippen molar-refractivity contribution in [1.29, 1.82) is 0 Å². The van der Waals surface area contributed by atoms with E-state index < -0.39 is 0 Å². The first kappa shape index (κ1) is 18.2. The number of benzene rings is 2. The SMILES string of the molecule is CC(=O)N(C)C1(c2ccccc2)CCN(C[C@@H]2C[C@@H]2c2ccccc2)CC1. The van der Waals surface area contributed by atoms with Crippen LogP contribution in [0.5, 0.6) is 0 Å². The molecule has 1 amide bonds. The summed E-state index contributed by atoms with van der Waals surface area (Å²) < 4.78 is 0. The Morgan fingerprint density at radius 1 is 1.04 bits per heavy atom. The number of rotatable bonds is 5. The van der Waals surface area contributed by atoms with Crippen molar-refractivity contribution in [2.24, 2.45) is 5.92 Å². The summed E-state index contributed by atoms with van der Waals surface area (Å²) in [5, 5.41) is 0. The second-order valence-electron chi connectivity index (χ2n) is 8.29. The zero-order valence-corrected chi connectivity index (χ0v) is 16.5. The lowest BCUT2D eigenvalue weighted by Crippen LogP contribution is -2.53. The monoisotopic (exact) mass is 362 g/mol. The number of nitrogens with zero attached hydrogens (tertiary/aromatic N) is 2. The molecule has 1 heterocycles. The van der Waals surface area contributed by atoms with Gasteiger partial charge in [0.25, 0.3) is 0 Å². The molecule has 1 aliphatic carbocycles. The molecule has 3 nitrogen and oxygen atoms in total. The van der Waals surface area contributed by atoms with Gasteiger partial charge in [-0.25, -0.2) is 0 Å². The van der Waals surface area contributed by atoms with Crippen LogP contribution in [-0.2, 0) is 10.3 Å². The number of carbonyl (C=O) groups is 1. The van der Waals surface area contributed by atoms with E-state index in [0.29, 0.717) is 0 Å². The quantitative estimate of drug-likeness (QED) is 0.793. The molecule has 2 aromatic carbocycles. The molecule has 0 spiro atoms. The van der Waals surface area contributed by atoms with Crippen LogP contribution < -0.4 is 0 Å². The maximum Gasteiger partial charge on any atom is 0.219 e. The number of amides is 1. The molecule has 3 heteroatoms. The van der Waals surface area contributed by atoms with Gasteiger partial charge in [0.05, 0.1) is 5.54 Å². The van der Waals surface area contributed by atoms with Crippen molar-refractivity contribution in [3.05, 3.63) is 71.8 Å². The highest BCUT2D eigenvalue weighted by Gasteiger charge is 2.44. The molecule has 1 saturated heterocycles. The van der Waals surface area contributed by atoms with Crippen molar-refractivity contribution in [2.45, 2.75) is 37.6 Å². The molecule has 4 rings (SSSR count). The number of likely N-dealkylation sites (tertiary alicyclic amines) is 1. The van der Waals surface area contributed by atoms with E-state index in [2.05, 4.69) is 65.6 Å². The molecule has 2 aliphatic rings. The molecule has 142 valence electrons. The first-order chi connectivity index (χ1) is 13.1. The van der Waals surface area contributed by atoms with Gasteiger partial charge in [-0.15, -0.1) is 0 Å². The van der Waals surface area contributed by atoms with Gasteiger partial charge in [0.2, 0.25) is 5.91 Å². The summed E-state index contributed by atoms with van der Waals surface area (Å²) in [5.41, 5.74) is 2.61. The van der Waals surface area contributed by atoms with E-state index in [1.54, 1.807) is 6.92 Å². The summed E-state index contributed by atoms with van der Waals surface area (Å²) in [7, 11) is 1.97. The Morgan fingerprint density at radius 2 is 1.63 bits per heavy atom. The Balaban J connectivity index is 1.41. The smallest absolute Gasteiger partial charge is 0.219 e. The minimum Gasteiger partial charge on any atom is -0.336 e.